The fourth-order valence-corrected chi connectivity index (χ4v) is 4.08. The van der Waals surface area contributed by atoms with Crippen LogP contribution in [0.3, 0.4) is 0 Å². The van der Waals surface area contributed by atoms with Crippen molar-refractivity contribution in [2.45, 2.75) is 6.92 Å². The quantitative estimate of drug-likeness (QED) is 0.342. The topological polar surface area (TPSA) is 29.3 Å². The number of benzene rings is 4. The molecule has 0 aromatic heterocycles. The Bertz CT molecular complexity index is 1160. The van der Waals surface area contributed by atoms with Gasteiger partial charge >= 0.3 is 0 Å². The summed E-state index contributed by atoms with van der Waals surface area (Å²) in [6.45, 7) is 2.17. The van der Waals surface area contributed by atoms with Gasteiger partial charge in [-0.15, -0.1) is 0 Å². The van der Waals surface area contributed by atoms with Gasteiger partial charge in [-0.05, 0) is 41.8 Å². The van der Waals surface area contributed by atoms with E-state index < -0.39 is 0 Å². The van der Waals surface area contributed by atoms with E-state index in [1.54, 1.807) is 0 Å². The van der Waals surface area contributed by atoms with Crippen LogP contribution < -0.4 is 10.6 Å². The predicted octanol–water partition coefficient (Wildman–Crippen LogP) is 6.69. The van der Waals surface area contributed by atoms with Gasteiger partial charge in [0.1, 0.15) is 0 Å². The second kappa shape index (κ2) is 6.03. The third-order valence-corrected chi connectivity index (χ3v) is 5.29. The largest absolute Gasteiger partial charge is 0.397 e. The molecule has 130 valence electrons. The summed E-state index contributed by atoms with van der Waals surface area (Å²) in [5.74, 6) is 0. The van der Waals surface area contributed by atoms with Crippen molar-refractivity contribution in [3.63, 3.8) is 0 Å². The Morgan fingerprint density at radius 2 is 1.11 bits per heavy atom. The van der Waals surface area contributed by atoms with E-state index in [1.165, 1.54) is 33.5 Å². The van der Waals surface area contributed by atoms with E-state index in [0.717, 1.165) is 17.1 Å². The molecule has 1 aliphatic heterocycles. The first-order valence-electron chi connectivity index (χ1n) is 9.19. The molecule has 0 saturated carbocycles. The van der Waals surface area contributed by atoms with Crippen molar-refractivity contribution in [1.29, 1.82) is 0 Å². The molecule has 2 nitrogen and oxygen atoms in total. The fraction of sp³-hybridized carbons (Fsp3) is 0.0400. The number of nitrogen functional groups attached to an aromatic ring is 1. The minimum Gasteiger partial charge on any atom is -0.397 e. The van der Waals surface area contributed by atoms with E-state index in [2.05, 4.69) is 84.6 Å². The van der Waals surface area contributed by atoms with Crippen molar-refractivity contribution < 1.29 is 0 Å². The summed E-state index contributed by atoms with van der Waals surface area (Å²) in [5, 5.41) is 0. The number of anilines is 4. The van der Waals surface area contributed by atoms with Crippen LogP contribution in [-0.2, 0) is 0 Å². The van der Waals surface area contributed by atoms with Crippen molar-refractivity contribution in [2.75, 3.05) is 10.6 Å². The highest BCUT2D eigenvalue weighted by atomic mass is 15.2. The van der Waals surface area contributed by atoms with Crippen LogP contribution in [-0.4, -0.2) is 0 Å². The molecule has 0 atom stereocenters. The molecule has 27 heavy (non-hydrogen) atoms. The first kappa shape index (κ1) is 15.7. The van der Waals surface area contributed by atoms with Gasteiger partial charge < -0.3 is 10.6 Å². The van der Waals surface area contributed by atoms with E-state index in [4.69, 9.17) is 5.73 Å². The zero-order valence-electron chi connectivity index (χ0n) is 15.2. The maximum Gasteiger partial charge on any atom is 0.0691 e. The monoisotopic (exact) mass is 348 g/mol. The molecule has 0 unspecified atom stereocenters. The summed E-state index contributed by atoms with van der Waals surface area (Å²) >= 11 is 0. The molecule has 0 amide bonds. The molecular formula is C25H20N2. The number of rotatable bonds is 1. The lowest BCUT2D eigenvalue weighted by molar-refractivity contribution is 1.26. The highest BCUT2D eigenvalue weighted by Gasteiger charge is 2.27. The second-order valence-corrected chi connectivity index (χ2v) is 6.93. The lowest BCUT2D eigenvalue weighted by atomic mass is 9.94. The molecule has 0 saturated heterocycles. The molecule has 0 fully saturated rings. The highest BCUT2D eigenvalue weighted by Crippen LogP contribution is 2.52. The predicted molar refractivity (Wildman–Crippen MR) is 115 cm³/mol. The van der Waals surface area contributed by atoms with Gasteiger partial charge in [-0.25, -0.2) is 0 Å². The molecule has 2 heteroatoms. The second-order valence-electron chi connectivity index (χ2n) is 6.93. The van der Waals surface area contributed by atoms with Gasteiger partial charge in [-0.3, -0.25) is 0 Å². The summed E-state index contributed by atoms with van der Waals surface area (Å²) in [6.07, 6.45) is 0. The Hall–Kier alpha value is -3.52. The van der Waals surface area contributed by atoms with E-state index in [9.17, 15) is 0 Å². The van der Waals surface area contributed by atoms with Gasteiger partial charge in [-0.2, -0.15) is 0 Å². The minimum absolute atomic E-state index is 0.771. The first-order chi connectivity index (χ1) is 13.3. The zero-order chi connectivity index (χ0) is 18.4. The fourth-order valence-electron chi connectivity index (χ4n) is 4.08. The summed E-state index contributed by atoms with van der Waals surface area (Å²) in [5.41, 5.74) is 16.7. The van der Waals surface area contributed by atoms with E-state index in [-0.39, 0.29) is 0 Å². The molecular weight excluding hydrogens is 328 g/mol. The number of hydrogen-bond donors (Lipinski definition) is 1. The van der Waals surface area contributed by atoms with Crippen molar-refractivity contribution in [3.8, 4) is 22.3 Å². The van der Waals surface area contributed by atoms with Gasteiger partial charge in [0.2, 0.25) is 0 Å². The molecule has 4 aromatic carbocycles. The van der Waals surface area contributed by atoms with Crippen LogP contribution in [0.2, 0.25) is 0 Å². The van der Waals surface area contributed by atoms with Crippen LogP contribution in [0.25, 0.3) is 22.3 Å². The molecule has 2 N–H and O–H groups in total. The Balaban J connectivity index is 1.97. The van der Waals surface area contributed by atoms with Crippen LogP contribution in [0.5, 0.6) is 0 Å². The lowest BCUT2D eigenvalue weighted by Crippen LogP contribution is -2.14. The van der Waals surface area contributed by atoms with Crippen molar-refractivity contribution in [3.05, 3.63) is 96.6 Å². The Labute approximate surface area is 159 Å². The highest BCUT2D eigenvalue weighted by molar-refractivity contribution is 6.04. The number of fused-ring (bicyclic) bond motifs is 5. The molecule has 0 radical (unpaired) electrons. The molecule has 5 rings (SSSR count). The SMILES string of the molecule is Cc1cccc2c1N(c1ccccc1N)c1ccccc1-c1ccccc1-2. The Morgan fingerprint density at radius 1 is 0.556 bits per heavy atom. The van der Waals surface area contributed by atoms with Crippen molar-refractivity contribution in [1.82, 2.24) is 0 Å². The van der Waals surface area contributed by atoms with Crippen molar-refractivity contribution >= 4 is 22.7 Å². The van der Waals surface area contributed by atoms with E-state index >= 15 is 0 Å². The lowest BCUT2D eigenvalue weighted by Gasteiger charge is -2.29. The molecule has 0 bridgehead atoms. The summed E-state index contributed by atoms with van der Waals surface area (Å²) in [7, 11) is 0. The third kappa shape index (κ3) is 2.34. The maximum atomic E-state index is 6.43. The van der Waals surface area contributed by atoms with Gasteiger partial charge in [0, 0.05) is 11.1 Å². The van der Waals surface area contributed by atoms with Crippen LogP contribution in [0.1, 0.15) is 5.56 Å². The minimum atomic E-state index is 0.771. The van der Waals surface area contributed by atoms with Gasteiger partial charge in [0.15, 0.2) is 0 Å². The summed E-state index contributed by atoms with van der Waals surface area (Å²) in [4.78, 5) is 2.31. The number of nitrogens with zero attached hydrogens (tertiary/aromatic N) is 1. The maximum absolute atomic E-state index is 6.43. The normalized spacial score (nSPS) is 12.0. The number of nitrogens with two attached hydrogens (primary N) is 1. The Morgan fingerprint density at radius 3 is 1.85 bits per heavy atom. The van der Waals surface area contributed by atoms with Crippen LogP contribution in [0, 0.1) is 6.92 Å². The smallest absolute Gasteiger partial charge is 0.0691 e. The summed E-state index contributed by atoms with van der Waals surface area (Å²) in [6, 6.07) is 31.8. The molecule has 0 spiro atoms. The average molecular weight is 348 g/mol. The van der Waals surface area contributed by atoms with Gasteiger partial charge in [0.25, 0.3) is 0 Å². The van der Waals surface area contributed by atoms with E-state index in [0.29, 0.717) is 0 Å². The molecule has 1 heterocycles. The molecule has 1 aliphatic rings. The van der Waals surface area contributed by atoms with Gasteiger partial charge in [-0.1, -0.05) is 72.8 Å². The molecule has 4 aromatic rings. The summed E-state index contributed by atoms with van der Waals surface area (Å²) < 4.78 is 0. The van der Waals surface area contributed by atoms with Crippen LogP contribution in [0.15, 0.2) is 91.0 Å². The Kier molecular flexibility index (Phi) is 3.51. The van der Waals surface area contributed by atoms with E-state index in [1.807, 2.05) is 18.2 Å². The number of hydrogen-bond acceptors (Lipinski definition) is 2. The van der Waals surface area contributed by atoms with Crippen LogP contribution in [0.4, 0.5) is 22.7 Å². The average Bonchev–Trinajstić information content (AvgIpc) is 2.83. The standard InChI is InChI=1S/C25H20N2/c1-17-9-8-13-21-19-11-3-2-10-18(19)20-12-4-6-15-23(20)27(25(17)21)24-16-7-5-14-22(24)26/h2-16H,26H2,1H3. The first-order valence-corrected chi connectivity index (χ1v) is 9.19. The number of para-hydroxylation sites is 4. The van der Waals surface area contributed by atoms with Gasteiger partial charge in [0.05, 0.1) is 22.7 Å². The van der Waals surface area contributed by atoms with Crippen molar-refractivity contribution in [2.24, 2.45) is 0 Å². The zero-order valence-corrected chi connectivity index (χ0v) is 15.2. The molecule has 0 aliphatic carbocycles. The number of aryl methyl sites for hydroxylation is 1. The van der Waals surface area contributed by atoms with Crippen LogP contribution >= 0.6 is 0 Å². The third-order valence-electron chi connectivity index (χ3n) is 5.29.